The molecule has 1 atom stereocenters. The Kier molecular flexibility index (Phi) is 3.60. The van der Waals surface area contributed by atoms with E-state index in [1.807, 2.05) is 42.2 Å². The second kappa shape index (κ2) is 5.92. The van der Waals surface area contributed by atoms with Crippen LogP contribution in [0.15, 0.2) is 48.9 Å². The molecule has 1 aromatic carbocycles. The summed E-state index contributed by atoms with van der Waals surface area (Å²) in [5, 5.41) is 12.7. The van der Waals surface area contributed by atoms with Crippen molar-refractivity contribution in [2.45, 2.75) is 19.4 Å². The van der Waals surface area contributed by atoms with E-state index in [2.05, 4.69) is 15.3 Å². The first kappa shape index (κ1) is 14.6. The molecule has 1 amide bonds. The number of benzene rings is 1. The summed E-state index contributed by atoms with van der Waals surface area (Å²) in [4.78, 5) is 16.4. The van der Waals surface area contributed by atoms with Gasteiger partial charge in [-0.3, -0.25) is 4.79 Å². The van der Waals surface area contributed by atoms with Crippen molar-refractivity contribution >= 4 is 5.91 Å². The van der Waals surface area contributed by atoms with Gasteiger partial charge in [0.1, 0.15) is 0 Å². The van der Waals surface area contributed by atoms with Crippen LogP contribution in [-0.2, 0) is 0 Å². The molecule has 3 heterocycles. The van der Waals surface area contributed by atoms with Gasteiger partial charge < -0.3 is 4.90 Å². The van der Waals surface area contributed by atoms with Crippen LogP contribution in [0.1, 0.15) is 28.5 Å². The predicted octanol–water partition coefficient (Wildman–Crippen LogP) is 1.86. The van der Waals surface area contributed by atoms with E-state index in [1.54, 1.807) is 28.1 Å². The largest absolute Gasteiger partial charge is 0.336 e. The SMILES string of the molecule is Cc1c(C(=O)N2CCC(n3nccn3)C2)cnn1-c1ccccc1. The number of likely N-dealkylation sites (tertiary alicyclic amines) is 1. The van der Waals surface area contributed by atoms with Gasteiger partial charge >= 0.3 is 0 Å². The first-order valence-electron chi connectivity index (χ1n) is 7.99. The summed E-state index contributed by atoms with van der Waals surface area (Å²) in [6.07, 6.45) is 5.85. The standard InChI is InChI=1S/C17H18N6O/c1-13-16(11-20-22(13)14-5-3-2-4-6-14)17(24)21-10-7-15(12-21)23-18-8-9-19-23/h2-6,8-9,11,15H,7,10,12H2,1H3. The zero-order chi connectivity index (χ0) is 16.5. The summed E-state index contributed by atoms with van der Waals surface area (Å²) in [6.45, 7) is 3.26. The first-order chi connectivity index (χ1) is 11.7. The van der Waals surface area contributed by atoms with Crippen LogP contribution in [-0.4, -0.2) is 48.7 Å². The fourth-order valence-electron chi connectivity index (χ4n) is 3.15. The molecule has 3 aromatic rings. The highest BCUT2D eigenvalue weighted by Gasteiger charge is 2.30. The monoisotopic (exact) mass is 322 g/mol. The first-order valence-corrected chi connectivity index (χ1v) is 7.99. The Morgan fingerprint density at radius 2 is 1.88 bits per heavy atom. The highest BCUT2D eigenvalue weighted by atomic mass is 16.2. The number of nitrogens with zero attached hydrogens (tertiary/aromatic N) is 6. The molecule has 0 bridgehead atoms. The van der Waals surface area contributed by atoms with Crippen LogP contribution in [0.3, 0.4) is 0 Å². The van der Waals surface area contributed by atoms with Gasteiger partial charge in [0, 0.05) is 13.1 Å². The summed E-state index contributed by atoms with van der Waals surface area (Å²) >= 11 is 0. The topological polar surface area (TPSA) is 68.8 Å². The molecule has 0 aliphatic carbocycles. The Morgan fingerprint density at radius 1 is 1.12 bits per heavy atom. The van der Waals surface area contributed by atoms with Crippen molar-refractivity contribution in [3.63, 3.8) is 0 Å². The quantitative estimate of drug-likeness (QED) is 0.738. The molecule has 1 aliphatic rings. The van der Waals surface area contributed by atoms with E-state index in [9.17, 15) is 4.79 Å². The van der Waals surface area contributed by atoms with E-state index in [-0.39, 0.29) is 11.9 Å². The molecule has 2 aromatic heterocycles. The molecular weight excluding hydrogens is 304 g/mol. The highest BCUT2D eigenvalue weighted by molar-refractivity contribution is 5.95. The van der Waals surface area contributed by atoms with Crippen LogP contribution in [0.5, 0.6) is 0 Å². The van der Waals surface area contributed by atoms with Crippen molar-refractivity contribution in [2.75, 3.05) is 13.1 Å². The van der Waals surface area contributed by atoms with Crippen molar-refractivity contribution in [1.29, 1.82) is 0 Å². The number of rotatable bonds is 3. The molecular formula is C17H18N6O. The van der Waals surface area contributed by atoms with Gasteiger partial charge in [0.25, 0.3) is 5.91 Å². The second-order valence-corrected chi connectivity index (χ2v) is 5.93. The normalized spacial score (nSPS) is 17.4. The van der Waals surface area contributed by atoms with E-state index in [0.29, 0.717) is 18.7 Å². The lowest BCUT2D eigenvalue weighted by Crippen LogP contribution is -2.29. The predicted molar refractivity (Wildman–Crippen MR) is 87.9 cm³/mol. The third-order valence-electron chi connectivity index (χ3n) is 4.45. The van der Waals surface area contributed by atoms with E-state index >= 15 is 0 Å². The molecule has 7 nitrogen and oxygen atoms in total. The number of hydrogen-bond acceptors (Lipinski definition) is 4. The smallest absolute Gasteiger partial charge is 0.257 e. The maximum atomic E-state index is 12.9. The molecule has 1 saturated heterocycles. The maximum absolute atomic E-state index is 12.9. The molecule has 4 rings (SSSR count). The van der Waals surface area contributed by atoms with Crippen LogP contribution >= 0.6 is 0 Å². The maximum Gasteiger partial charge on any atom is 0.257 e. The fraction of sp³-hybridized carbons (Fsp3) is 0.294. The Bertz CT molecular complexity index is 839. The van der Waals surface area contributed by atoms with Crippen LogP contribution in [0.4, 0.5) is 0 Å². The van der Waals surface area contributed by atoms with E-state index < -0.39 is 0 Å². The lowest BCUT2D eigenvalue weighted by molar-refractivity contribution is 0.0785. The average molecular weight is 322 g/mol. The van der Waals surface area contributed by atoms with Crippen molar-refractivity contribution in [1.82, 2.24) is 29.7 Å². The van der Waals surface area contributed by atoms with E-state index in [4.69, 9.17) is 0 Å². The minimum atomic E-state index is 0.0179. The molecule has 1 fully saturated rings. The minimum absolute atomic E-state index is 0.0179. The van der Waals surface area contributed by atoms with Gasteiger partial charge in [0.2, 0.25) is 0 Å². The van der Waals surface area contributed by atoms with Gasteiger partial charge in [-0.1, -0.05) is 18.2 Å². The average Bonchev–Trinajstić information content (AvgIpc) is 3.35. The minimum Gasteiger partial charge on any atom is -0.336 e. The molecule has 0 spiro atoms. The van der Waals surface area contributed by atoms with Crippen molar-refractivity contribution in [3.05, 3.63) is 60.2 Å². The molecule has 0 radical (unpaired) electrons. The van der Waals surface area contributed by atoms with Crippen LogP contribution in [0.2, 0.25) is 0 Å². The number of carbonyl (C=O) groups is 1. The van der Waals surface area contributed by atoms with Gasteiger partial charge in [-0.25, -0.2) is 4.68 Å². The van der Waals surface area contributed by atoms with Crippen molar-refractivity contribution in [3.8, 4) is 5.69 Å². The van der Waals surface area contributed by atoms with Gasteiger partial charge in [0.05, 0.1) is 41.6 Å². The van der Waals surface area contributed by atoms with Crippen LogP contribution in [0.25, 0.3) is 5.69 Å². The third-order valence-corrected chi connectivity index (χ3v) is 4.45. The number of para-hydroxylation sites is 1. The highest BCUT2D eigenvalue weighted by Crippen LogP contribution is 2.23. The Morgan fingerprint density at radius 3 is 2.62 bits per heavy atom. The fourth-order valence-corrected chi connectivity index (χ4v) is 3.15. The Labute approximate surface area is 139 Å². The van der Waals surface area contributed by atoms with E-state index in [1.165, 1.54) is 0 Å². The molecule has 1 aliphatic heterocycles. The molecule has 0 N–H and O–H groups in total. The summed E-state index contributed by atoms with van der Waals surface area (Å²) in [6, 6.07) is 9.98. The van der Waals surface area contributed by atoms with E-state index in [0.717, 1.165) is 17.8 Å². The summed E-state index contributed by atoms with van der Waals surface area (Å²) in [5.74, 6) is 0.0179. The summed E-state index contributed by atoms with van der Waals surface area (Å²) < 4.78 is 1.80. The van der Waals surface area contributed by atoms with Crippen molar-refractivity contribution < 1.29 is 4.79 Å². The lowest BCUT2D eigenvalue weighted by Gasteiger charge is -2.16. The number of aromatic nitrogens is 5. The number of carbonyl (C=O) groups excluding carboxylic acids is 1. The van der Waals surface area contributed by atoms with Gasteiger partial charge in [-0.2, -0.15) is 20.1 Å². The summed E-state index contributed by atoms with van der Waals surface area (Å²) in [7, 11) is 0. The van der Waals surface area contributed by atoms with Gasteiger partial charge in [-0.05, 0) is 25.5 Å². The van der Waals surface area contributed by atoms with Gasteiger partial charge in [0.15, 0.2) is 0 Å². The zero-order valence-electron chi connectivity index (χ0n) is 13.4. The Balaban J connectivity index is 1.55. The van der Waals surface area contributed by atoms with Crippen LogP contribution in [0, 0.1) is 6.92 Å². The molecule has 24 heavy (non-hydrogen) atoms. The molecule has 0 saturated carbocycles. The second-order valence-electron chi connectivity index (χ2n) is 5.93. The number of amides is 1. The van der Waals surface area contributed by atoms with Gasteiger partial charge in [-0.15, -0.1) is 0 Å². The van der Waals surface area contributed by atoms with Crippen LogP contribution < -0.4 is 0 Å². The lowest BCUT2D eigenvalue weighted by atomic mass is 10.2. The molecule has 1 unspecified atom stereocenters. The number of hydrogen-bond donors (Lipinski definition) is 0. The third kappa shape index (κ3) is 2.47. The summed E-state index contributed by atoms with van der Waals surface area (Å²) in [5.41, 5.74) is 2.45. The molecule has 122 valence electrons. The van der Waals surface area contributed by atoms with Crippen molar-refractivity contribution in [2.24, 2.45) is 0 Å². The Hall–Kier alpha value is -2.96. The molecule has 7 heteroatoms. The zero-order valence-corrected chi connectivity index (χ0v) is 13.4.